The number of nitro benzene ring substituents is 1. The molecule has 0 aromatic heterocycles. The summed E-state index contributed by atoms with van der Waals surface area (Å²) < 4.78 is 0. The fourth-order valence-electron chi connectivity index (χ4n) is 1.99. The van der Waals surface area contributed by atoms with Crippen molar-refractivity contribution in [1.29, 1.82) is 0 Å². The van der Waals surface area contributed by atoms with E-state index in [1.165, 1.54) is 6.07 Å². The lowest BCUT2D eigenvalue weighted by Gasteiger charge is -2.14. The van der Waals surface area contributed by atoms with Gasteiger partial charge in [0, 0.05) is 18.5 Å². The van der Waals surface area contributed by atoms with Crippen molar-refractivity contribution >= 4 is 17.3 Å². The molecule has 0 saturated carbocycles. The van der Waals surface area contributed by atoms with Crippen molar-refractivity contribution in [3.05, 3.63) is 39.9 Å². The Bertz CT molecular complexity index is 585. The van der Waals surface area contributed by atoms with Crippen molar-refractivity contribution in [2.24, 2.45) is 5.16 Å². The number of nitrogens with zero attached hydrogens (tertiary/aromatic N) is 2. The van der Waals surface area contributed by atoms with E-state index >= 15 is 0 Å². The predicted octanol–water partition coefficient (Wildman–Crippen LogP) is 2.00. The summed E-state index contributed by atoms with van der Waals surface area (Å²) in [5.41, 5.74) is 0.774. The van der Waals surface area contributed by atoms with Gasteiger partial charge in [-0.3, -0.25) is 14.9 Å². The summed E-state index contributed by atoms with van der Waals surface area (Å²) in [7, 11) is 0. The zero-order valence-corrected chi connectivity index (χ0v) is 11.9. The van der Waals surface area contributed by atoms with Gasteiger partial charge in [-0.15, -0.1) is 0 Å². The second kappa shape index (κ2) is 6.34. The second-order valence-corrected chi connectivity index (χ2v) is 4.93. The minimum Gasteiger partial charge on any atom is -0.382 e. The van der Waals surface area contributed by atoms with Crippen molar-refractivity contribution in [2.75, 3.05) is 0 Å². The third-order valence-corrected chi connectivity index (χ3v) is 3.37. The Balaban J connectivity index is 2.09. The fourth-order valence-corrected chi connectivity index (χ4v) is 1.99. The Labute approximate surface area is 122 Å². The maximum absolute atomic E-state index is 12.0. The SMILES string of the molecule is CC[C@@H](C)NC(=O)[C@@H]1CC(c2ccccc2[N+](=O)[O-])=NO1. The van der Waals surface area contributed by atoms with Gasteiger partial charge >= 0.3 is 0 Å². The number of hydrogen-bond acceptors (Lipinski definition) is 5. The highest BCUT2D eigenvalue weighted by atomic mass is 16.6. The number of rotatable bonds is 5. The van der Waals surface area contributed by atoms with Crippen LogP contribution in [0.3, 0.4) is 0 Å². The molecule has 0 unspecified atom stereocenters. The van der Waals surface area contributed by atoms with Crippen molar-refractivity contribution < 1.29 is 14.6 Å². The Morgan fingerprint density at radius 3 is 2.95 bits per heavy atom. The minimum atomic E-state index is -0.728. The van der Waals surface area contributed by atoms with Gasteiger partial charge < -0.3 is 10.2 Å². The van der Waals surface area contributed by atoms with E-state index in [1.54, 1.807) is 18.2 Å². The number of carbonyl (C=O) groups is 1. The lowest BCUT2D eigenvalue weighted by molar-refractivity contribution is -0.385. The number of para-hydroxylation sites is 1. The lowest BCUT2D eigenvalue weighted by atomic mass is 10.0. The lowest BCUT2D eigenvalue weighted by Crippen LogP contribution is -2.39. The normalized spacial score (nSPS) is 18.6. The van der Waals surface area contributed by atoms with Crippen LogP contribution in [0.1, 0.15) is 32.3 Å². The van der Waals surface area contributed by atoms with E-state index < -0.39 is 11.0 Å². The number of amides is 1. The predicted molar refractivity (Wildman–Crippen MR) is 77.0 cm³/mol. The summed E-state index contributed by atoms with van der Waals surface area (Å²) in [5.74, 6) is -0.248. The first kappa shape index (κ1) is 15.0. The molecule has 0 saturated heterocycles. The first-order valence-corrected chi connectivity index (χ1v) is 6.79. The molecular weight excluding hydrogens is 274 g/mol. The minimum absolute atomic E-state index is 0.0390. The molecule has 1 aliphatic heterocycles. The quantitative estimate of drug-likeness (QED) is 0.663. The Morgan fingerprint density at radius 1 is 1.57 bits per heavy atom. The monoisotopic (exact) mass is 291 g/mol. The van der Waals surface area contributed by atoms with Crippen LogP contribution in [0.2, 0.25) is 0 Å². The van der Waals surface area contributed by atoms with Crippen LogP contribution < -0.4 is 5.32 Å². The zero-order chi connectivity index (χ0) is 15.4. The molecule has 0 radical (unpaired) electrons. The molecule has 1 amide bonds. The summed E-state index contributed by atoms with van der Waals surface area (Å²) in [6.45, 7) is 3.87. The van der Waals surface area contributed by atoms with Gasteiger partial charge in [0.2, 0.25) is 6.10 Å². The molecule has 1 aromatic rings. The first-order chi connectivity index (χ1) is 10.0. The first-order valence-electron chi connectivity index (χ1n) is 6.79. The van der Waals surface area contributed by atoms with Crippen molar-refractivity contribution in [3.8, 4) is 0 Å². The second-order valence-electron chi connectivity index (χ2n) is 4.93. The summed E-state index contributed by atoms with van der Waals surface area (Å²) in [6.07, 6.45) is 0.317. The van der Waals surface area contributed by atoms with E-state index in [1.807, 2.05) is 13.8 Å². The zero-order valence-electron chi connectivity index (χ0n) is 11.9. The molecule has 1 N–H and O–H groups in total. The molecule has 7 heteroatoms. The van der Waals surface area contributed by atoms with Gasteiger partial charge in [-0.25, -0.2) is 0 Å². The maximum Gasteiger partial charge on any atom is 0.278 e. The molecule has 112 valence electrons. The van der Waals surface area contributed by atoms with Crippen LogP contribution in [0.4, 0.5) is 5.69 Å². The standard InChI is InChI=1S/C14H17N3O4/c1-3-9(2)15-14(18)13-8-11(16-21-13)10-6-4-5-7-12(10)17(19)20/h4-7,9,13H,3,8H2,1-2H3,(H,15,18)/t9-,13+/m1/s1. The fraction of sp³-hybridized carbons (Fsp3) is 0.429. The highest BCUT2D eigenvalue weighted by Crippen LogP contribution is 2.24. The van der Waals surface area contributed by atoms with Gasteiger partial charge in [0.25, 0.3) is 11.6 Å². The molecule has 0 spiro atoms. The van der Waals surface area contributed by atoms with Crippen LogP contribution in [0.15, 0.2) is 29.4 Å². The van der Waals surface area contributed by atoms with Gasteiger partial charge in [-0.05, 0) is 19.4 Å². The Morgan fingerprint density at radius 2 is 2.29 bits per heavy atom. The molecular formula is C14H17N3O4. The van der Waals surface area contributed by atoms with E-state index in [0.29, 0.717) is 11.3 Å². The maximum atomic E-state index is 12.0. The molecule has 2 atom stereocenters. The number of nitro groups is 1. The summed E-state index contributed by atoms with van der Waals surface area (Å²) in [6, 6.07) is 6.35. The summed E-state index contributed by atoms with van der Waals surface area (Å²) >= 11 is 0. The van der Waals surface area contributed by atoms with E-state index in [2.05, 4.69) is 10.5 Å². The van der Waals surface area contributed by atoms with Crippen LogP contribution >= 0.6 is 0 Å². The number of benzene rings is 1. The van der Waals surface area contributed by atoms with E-state index in [0.717, 1.165) is 6.42 Å². The number of carbonyl (C=O) groups excluding carboxylic acids is 1. The third kappa shape index (κ3) is 3.36. The molecule has 2 rings (SSSR count). The van der Waals surface area contributed by atoms with Crippen molar-refractivity contribution in [3.63, 3.8) is 0 Å². The third-order valence-electron chi connectivity index (χ3n) is 3.37. The number of nitrogens with one attached hydrogen (secondary N) is 1. The van der Waals surface area contributed by atoms with Crippen LogP contribution in [0.25, 0.3) is 0 Å². The van der Waals surface area contributed by atoms with Crippen LogP contribution in [-0.2, 0) is 9.63 Å². The van der Waals surface area contributed by atoms with Gasteiger partial charge in [-0.2, -0.15) is 0 Å². The largest absolute Gasteiger partial charge is 0.382 e. The average Bonchev–Trinajstić information content (AvgIpc) is 2.96. The van der Waals surface area contributed by atoms with Crippen LogP contribution in [0, 0.1) is 10.1 Å². The van der Waals surface area contributed by atoms with Crippen molar-refractivity contribution in [1.82, 2.24) is 5.32 Å². The smallest absolute Gasteiger partial charge is 0.278 e. The molecule has 21 heavy (non-hydrogen) atoms. The van der Waals surface area contributed by atoms with Gasteiger partial charge in [0.05, 0.1) is 16.2 Å². The summed E-state index contributed by atoms with van der Waals surface area (Å²) in [4.78, 5) is 27.6. The van der Waals surface area contributed by atoms with Crippen LogP contribution in [0.5, 0.6) is 0 Å². The number of oxime groups is 1. The highest BCUT2D eigenvalue weighted by Gasteiger charge is 2.32. The van der Waals surface area contributed by atoms with Gasteiger partial charge in [0.1, 0.15) is 0 Å². The topological polar surface area (TPSA) is 93.8 Å². The molecule has 1 aliphatic rings. The molecule has 0 fully saturated rings. The molecule has 1 aromatic carbocycles. The average molecular weight is 291 g/mol. The molecule has 7 nitrogen and oxygen atoms in total. The molecule has 0 aliphatic carbocycles. The molecule has 1 heterocycles. The number of hydrogen-bond donors (Lipinski definition) is 1. The molecule has 0 bridgehead atoms. The van der Waals surface area contributed by atoms with Crippen molar-refractivity contribution in [2.45, 2.75) is 38.8 Å². The van der Waals surface area contributed by atoms with Gasteiger partial charge in [0.15, 0.2) is 0 Å². The van der Waals surface area contributed by atoms with Gasteiger partial charge in [-0.1, -0.05) is 24.2 Å². The van der Waals surface area contributed by atoms with E-state index in [4.69, 9.17) is 4.84 Å². The Hall–Kier alpha value is -2.44. The van der Waals surface area contributed by atoms with Crippen LogP contribution in [-0.4, -0.2) is 28.7 Å². The highest BCUT2D eigenvalue weighted by molar-refractivity contribution is 6.06. The van der Waals surface area contributed by atoms with E-state index in [9.17, 15) is 14.9 Å². The Kier molecular flexibility index (Phi) is 4.52. The summed E-state index contributed by atoms with van der Waals surface area (Å²) in [5, 5.41) is 17.7. The van der Waals surface area contributed by atoms with E-state index in [-0.39, 0.29) is 24.1 Å².